The first-order chi connectivity index (χ1) is 18.4. The first kappa shape index (κ1) is 29.8. The summed E-state index contributed by atoms with van der Waals surface area (Å²) in [5.74, 6) is 0.543. The Labute approximate surface area is 231 Å². The van der Waals surface area contributed by atoms with Gasteiger partial charge in [-0.25, -0.2) is 9.59 Å². The van der Waals surface area contributed by atoms with E-state index in [9.17, 15) is 14.7 Å². The molecule has 2 amide bonds. The third-order valence-electron chi connectivity index (χ3n) is 7.02. The van der Waals surface area contributed by atoms with Crippen molar-refractivity contribution < 1.29 is 24.2 Å². The van der Waals surface area contributed by atoms with Gasteiger partial charge in [0.05, 0.1) is 6.54 Å². The molecule has 0 radical (unpaired) electrons. The van der Waals surface area contributed by atoms with Gasteiger partial charge in [-0.1, -0.05) is 68.7 Å². The van der Waals surface area contributed by atoms with Crippen molar-refractivity contribution in [3.05, 3.63) is 59.1 Å². The quantitative estimate of drug-likeness (QED) is 0.235. The van der Waals surface area contributed by atoms with Crippen molar-refractivity contribution in [2.24, 2.45) is 5.92 Å². The van der Waals surface area contributed by atoms with Gasteiger partial charge in [0.25, 0.3) is 0 Å². The van der Waals surface area contributed by atoms with E-state index in [1.54, 1.807) is 31.2 Å². The Kier molecular flexibility index (Phi) is 12.7. The van der Waals surface area contributed by atoms with Gasteiger partial charge in [0.1, 0.15) is 12.4 Å². The summed E-state index contributed by atoms with van der Waals surface area (Å²) in [5, 5.41) is 12.9. The lowest BCUT2D eigenvalue weighted by Crippen LogP contribution is -2.38. The molecule has 2 aromatic rings. The van der Waals surface area contributed by atoms with E-state index >= 15 is 0 Å². The average molecular weight is 545 g/mol. The Bertz CT molecular complexity index is 977. The number of halogens is 1. The summed E-state index contributed by atoms with van der Waals surface area (Å²) in [5.41, 5.74) is 1.56. The number of benzene rings is 2. The van der Waals surface area contributed by atoms with E-state index in [-0.39, 0.29) is 6.03 Å². The van der Waals surface area contributed by atoms with Crippen LogP contribution in [0.1, 0.15) is 63.9 Å². The number of aliphatic carboxylic acids is 1. The van der Waals surface area contributed by atoms with E-state index < -0.39 is 12.1 Å². The number of carboxylic acids is 1. The first-order valence-corrected chi connectivity index (χ1v) is 14.2. The molecule has 2 aromatic carbocycles. The van der Waals surface area contributed by atoms with E-state index in [4.69, 9.17) is 21.1 Å². The molecule has 0 heterocycles. The SMILES string of the molecule is CCOC(Cc1ccc(OCCN(CCCCC2CCCCC2)C(=O)Nc2ccc(Cl)cc2)cc1)C(=O)O. The number of nitrogens with zero attached hydrogens (tertiary/aromatic N) is 1. The molecule has 38 heavy (non-hydrogen) atoms. The highest BCUT2D eigenvalue weighted by atomic mass is 35.5. The van der Waals surface area contributed by atoms with Gasteiger partial charge in [-0.2, -0.15) is 0 Å². The minimum Gasteiger partial charge on any atom is -0.492 e. The second-order valence-electron chi connectivity index (χ2n) is 9.90. The van der Waals surface area contributed by atoms with Crippen LogP contribution in [-0.4, -0.2) is 54.4 Å². The van der Waals surface area contributed by atoms with Crippen LogP contribution in [0.2, 0.25) is 5.02 Å². The summed E-state index contributed by atoms with van der Waals surface area (Å²) in [6.07, 6.45) is 9.51. The molecular formula is C30H41ClN2O5. The lowest BCUT2D eigenvalue weighted by Gasteiger charge is -2.25. The fourth-order valence-corrected chi connectivity index (χ4v) is 5.02. The zero-order valence-electron chi connectivity index (χ0n) is 22.4. The molecular weight excluding hydrogens is 504 g/mol. The predicted octanol–water partition coefficient (Wildman–Crippen LogP) is 7.04. The number of hydrogen-bond donors (Lipinski definition) is 2. The van der Waals surface area contributed by atoms with Crippen molar-refractivity contribution in [2.75, 3.05) is 31.6 Å². The fraction of sp³-hybridized carbons (Fsp3) is 0.533. The summed E-state index contributed by atoms with van der Waals surface area (Å²) in [4.78, 5) is 26.2. The number of rotatable bonds is 15. The van der Waals surface area contributed by atoms with Crippen LogP contribution in [-0.2, 0) is 16.0 Å². The molecule has 0 aromatic heterocycles. The van der Waals surface area contributed by atoms with Crippen molar-refractivity contribution in [1.29, 1.82) is 0 Å². The highest BCUT2D eigenvalue weighted by molar-refractivity contribution is 6.30. The van der Waals surface area contributed by atoms with Gasteiger partial charge in [-0.05, 0) is 61.2 Å². The number of nitrogens with one attached hydrogen (secondary N) is 1. The number of ether oxygens (including phenoxy) is 2. The maximum atomic E-state index is 13.1. The lowest BCUT2D eigenvalue weighted by atomic mass is 9.86. The Morgan fingerprint density at radius 1 is 1.03 bits per heavy atom. The fourth-order valence-electron chi connectivity index (χ4n) is 4.89. The van der Waals surface area contributed by atoms with Gasteiger partial charge in [0.2, 0.25) is 0 Å². The van der Waals surface area contributed by atoms with Crippen molar-refractivity contribution in [2.45, 2.75) is 70.8 Å². The van der Waals surface area contributed by atoms with Crippen LogP contribution in [0.5, 0.6) is 5.75 Å². The molecule has 1 aliphatic carbocycles. The number of hydrogen-bond acceptors (Lipinski definition) is 4. The molecule has 2 N–H and O–H groups in total. The average Bonchev–Trinajstić information content (AvgIpc) is 2.92. The first-order valence-electron chi connectivity index (χ1n) is 13.8. The normalized spacial score (nSPS) is 14.6. The molecule has 7 nitrogen and oxygen atoms in total. The Balaban J connectivity index is 1.50. The van der Waals surface area contributed by atoms with Crippen molar-refractivity contribution >= 4 is 29.3 Å². The summed E-state index contributed by atoms with van der Waals surface area (Å²) < 4.78 is 11.2. The summed E-state index contributed by atoms with van der Waals surface area (Å²) >= 11 is 5.98. The van der Waals surface area contributed by atoms with Gasteiger partial charge >= 0.3 is 12.0 Å². The van der Waals surface area contributed by atoms with Crippen LogP contribution in [0.3, 0.4) is 0 Å². The van der Waals surface area contributed by atoms with Gasteiger partial charge in [-0.15, -0.1) is 0 Å². The zero-order valence-corrected chi connectivity index (χ0v) is 23.1. The number of carboxylic acid groups (broad SMARTS) is 1. The maximum absolute atomic E-state index is 13.1. The van der Waals surface area contributed by atoms with E-state index in [1.807, 2.05) is 29.2 Å². The maximum Gasteiger partial charge on any atom is 0.333 e. The summed E-state index contributed by atoms with van der Waals surface area (Å²) in [6, 6.07) is 14.3. The van der Waals surface area contributed by atoms with E-state index in [0.29, 0.717) is 49.2 Å². The Morgan fingerprint density at radius 3 is 2.39 bits per heavy atom. The second-order valence-corrected chi connectivity index (χ2v) is 10.3. The van der Waals surface area contributed by atoms with Crippen molar-refractivity contribution in [1.82, 2.24) is 4.90 Å². The van der Waals surface area contributed by atoms with Gasteiger partial charge < -0.3 is 24.8 Å². The molecule has 1 unspecified atom stereocenters. The summed E-state index contributed by atoms with van der Waals surface area (Å²) in [7, 11) is 0. The minimum absolute atomic E-state index is 0.153. The molecule has 3 rings (SSSR count). The number of unbranched alkanes of at least 4 members (excludes halogenated alkanes) is 1. The highest BCUT2D eigenvalue weighted by Gasteiger charge is 2.18. The van der Waals surface area contributed by atoms with Crippen LogP contribution in [0.15, 0.2) is 48.5 Å². The number of anilines is 1. The molecule has 1 fully saturated rings. The Hall–Kier alpha value is -2.77. The van der Waals surface area contributed by atoms with Crippen LogP contribution >= 0.6 is 11.6 Å². The molecule has 8 heteroatoms. The van der Waals surface area contributed by atoms with Crippen LogP contribution in [0.25, 0.3) is 0 Å². The zero-order chi connectivity index (χ0) is 27.2. The number of carbonyl (C=O) groups is 2. The van der Waals surface area contributed by atoms with Crippen molar-refractivity contribution in [3.63, 3.8) is 0 Å². The largest absolute Gasteiger partial charge is 0.492 e. The topological polar surface area (TPSA) is 88.1 Å². The van der Waals surface area contributed by atoms with E-state index in [0.717, 1.165) is 24.3 Å². The molecule has 1 saturated carbocycles. The standard InChI is InChI=1S/C30H41ClN2O5/c1-2-37-28(29(34)35)22-24-11-17-27(18-12-24)38-21-20-33(19-7-6-10-23-8-4-3-5-9-23)30(36)32-26-15-13-25(31)14-16-26/h11-18,23,28H,2-10,19-22H2,1H3,(H,32,36)(H,34,35). The van der Waals surface area contributed by atoms with Crippen LogP contribution < -0.4 is 10.1 Å². The molecule has 0 saturated heterocycles. The van der Waals surface area contributed by atoms with Crippen molar-refractivity contribution in [3.8, 4) is 5.75 Å². The van der Waals surface area contributed by atoms with Gasteiger partial charge in [0.15, 0.2) is 6.10 Å². The molecule has 1 atom stereocenters. The minimum atomic E-state index is -0.970. The number of urea groups is 1. The van der Waals surface area contributed by atoms with Gasteiger partial charge in [0, 0.05) is 30.3 Å². The summed E-state index contributed by atoms with van der Waals surface area (Å²) in [6.45, 7) is 3.61. The van der Waals surface area contributed by atoms with Crippen LogP contribution in [0.4, 0.5) is 10.5 Å². The molecule has 1 aliphatic rings. The number of carbonyl (C=O) groups excluding carboxylic acids is 1. The second kappa shape index (κ2) is 16.2. The monoisotopic (exact) mass is 544 g/mol. The van der Waals surface area contributed by atoms with Crippen LogP contribution in [0, 0.1) is 5.92 Å². The molecule has 208 valence electrons. The van der Waals surface area contributed by atoms with E-state index in [2.05, 4.69) is 5.32 Å². The molecule has 0 bridgehead atoms. The van der Waals surface area contributed by atoms with Gasteiger partial charge in [-0.3, -0.25) is 0 Å². The predicted molar refractivity (Wildman–Crippen MR) is 151 cm³/mol. The smallest absolute Gasteiger partial charge is 0.333 e. The molecule has 0 spiro atoms. The number of amides is 2. The molecule has 0 aliphatic heterocycles. The lowest BCUT2D eigenvalue weighted by molar-refractivity contribution is -0.149. The Morgan fingerprint density at radius 2 is 1.74 bits per heavy atom. The third-order valence-corrected chi connectivity index (χ3v) is 7.27. The highest BCUT2D eigenvalue weighted by Crippen LogP contribution is 2.27. The van der Waals surface area contributed by atoms with E-state index in [1.165, 1.54) is 38.5 Å². The third kappa shape index (κ3) is 10.5.